The minimum Gasteiger partial charge on any atom is -0.756 e. The number of phosphoric acid groups is 1. The Hall–Kier alpha value is -0.250. The van der Waals surface area contributed by atoms with E-state index in [0.717, 1.165) is 0 Å². The Morgan fingerprint density at radius 1 is 1.43 bits per heavy atom. The Bertz CT molecular complexity index is 701. The van der Waals surface area contributed by atoms with Gasteiger partial charge in [-0.15, -0.1) is 0 Å². The number of aromatic amines is 1. The molecule has 21 heavy (non-hydrogen) atoms. The average molecular weight is 326 g/mol. The summed E-state index contributed by atoms with van der Waals surface area (Å²) in [5, 5.41) is 0. The molecule has 2 fully saturated rings. The van der Waals surface area contributed by atoms with Crippen LogP contribution < -0.4 is 45.7 Å². The van der Waals surface area contributed by atoms with Crippen molar-refractivity contribution < 1.29 is 52.8 Å². The fraction of sp³-hybridized carbons (Fsp3) is 0.600. The van der Waals surface area contributed by atoms with E-state index in [1.165, 1.54) is 10.8 Å². The van der Waals surface area contributed by atoms with E-state index in [2.05, 4.69) is 9.51 Å². The molecule has 2 saturated heterocycles. The van der Waals surface area contributed by atoms with Crippen molar-refractivity contribution in [1.82, 2.24) is 9.55 Å². The molecule has 110 valence electrons. The Labute approximate surface area is 141 Å². The first-order valence-corrected chi connectivity index (χ1v) is 7.43. The van der Waals surface area contributed by atoms with Crippen LogP contribution in [0.2, 0.25) is 0 Å². The molecule has 1 N–H and O–H groups in total. The number of H-pyrrole nitrogens is 1. The van der Waals surface area contributed by atoms with Gasteiger partial charge < -0.3 is 18.7 Å². The van der Waals surface area contributed by atoms with Crippen molar-refractivity contribution in [3.63, 3.8) is 0 Å². The smallest absolute Gasteiger partial charge is 0.756 e. The first kappa shape index (κ1) is 17.1. The summed E-state index contributed by atoms with van der Waals surface area (Å²) in [6, 6.07) is 0. The molecule has 2 aliphatic rings. The van der Waals surface area contributed by atoms with Crippen molar-refractivity contribution in [2.24, 2.45) is 0 Å². The van der Waals surface area contributed by atoms with Crippen molar-refractivity contribution in [2.75, 3.05) is 6.61 Å². The van der Waals surface area contributed by atoms with Gasteiger partial charge in [0.2, 0.25) is 0 Å². The molecule has 3 heterocycles. The number of hydrogen-bond donors (Lipinski definition) is 1. The second-order valence-corrected chi connectivity index (χ2v) is 6.09. The number of phosphoric ester groups is 1. The molecule has 0 amide bonds. The predicted octanol–water partition coefficient (Wildman–Crippen LogP) is -3.98. The number of hydrogen-bond acceptors (Lipinski definition) is 7. The summed E-state index contributed by atoms with van der Waals surface area (Å²) in [7, 11) is -4.28. The van der Waals surface area contributed by atoms with Crippen LogP contribution in [-0.4, -0.2) is 28.4 Å². The maximum absolute atomic E-state index is 11.8. The molecule has 0 radical (unpaired) electrons. The zero-order valence-corrected chi connectivity index (χ0v) is 14.4. The van der Waals surface area contributed by atoms with Crippen LogP contribution in [0.1, 0.15) is 18.2 Å². The number of rotatable bonds is 1. The fourth-order valence-electron chi connectivity index (χ4n) is 2.29. The summed E-state index contributed by atoms with van der Waals surface area (Å²) in [5.74, 6) is 0. The first-order chi connectivity index (χ1) is 9.35. The largest absolute Gasteiger partial charge is 1.00 e. The van der Waals surface area contributed by atoms with E-state index < -0.39 is 37.5 Å². The molecule has 2 aliphatic heterocycles. The third-order valence-electron chi connectivity index (χ3n) is 3.30. The van der Waals surface area contributed by atoms with Crippen LogP contribution in [0, 0.1) is 6.92 Å². The van der Waals surface area contributed by atoms with Crippen LogP contribution in [0.15, 0.2) is 15.8 Å². The Balaban J connectivity index is 0.00000161. The maximum atomic E-state index is 11.8. The minimum absolute atomic E-state index is 0. The molecule has 4 atom stereocenters. The number of nitrogens with zero attached hydrogens (tertiary/aromatic N) is 1. The van der Waals surface area contributed by atoms with E-state index >= 15 is 0 Å². The van der Waals surface area contributed by atoms with Crippen molar-refractivity contribution in [3.05, 3.63) is 32.6 Å². The number of aromatic nitrogens is 2. The molecule has 3 rings (SSSR count). The molecule has 0 bridgehead atoms. The van der Waals surface area contributed by atoms with Crippen LogP contribution in [-0.2, 0) is 18.3 Å². The molecule has 11 heteroatoms. The van der Waals surface area contributed by atoms with E-state index in [1.54, 1.807) is 6.92 Å². The van der Waals surface area contributed by atoms with Crippen molar-refractivity contribution in [3.8, 4) is 0 Å². The summed E-state index contributed by atoms with van der Waals surface area (Å²) in [5.41, 5.74) is -0.726. The summed E-state index contributed by atoms with van der Waals surface area (Å²) in [4.78, 5) is 36.4. The second kappa shape index (κ2) is 6.10. The summed E-state index contributed by atoms with van der Waals surface area (Å²) >= 11 is 0. The van der Waals surface area contributed by atoms with E-state index in [4.69, 9.17) is 9.26 Å². The van der Waals surface area contributed by atoms with Gasteiger partial charge in [0.25, 0.3) is 13.4 Å². The van der Waals surface area contributed by atoms with E-state index in [0.29, 0.717) is 5.56 Å². The average Bonchev–Trinajstić information content (AvgIpc) is 2.74. The van der Waals surface area contributed by atoms with Gasteiger partial charge in [-0.05, 0) is 6.92 Å². The Morgan fingerprint density at radius 2 is 2.14 bits per heavy atom. The van der Waals surface area contributed by atoms with E-state index in [1.807, 2.05) is 0 Å². The van der Waals surface area contributed by atoms with Gasteiger partial charge in [-0.3, -0.25) is 18.9 Å². The SMILES string of the molecule is Cc1cn([C@H]2C[C@@H]3OP(=O)([O-])OC[C@@H]3O2)c(=O)[nH]c1=O.[Na+]. The zero-order valence-electron chi connectivity index (χ0n) is 11.5. The molecule has 0 aliphatic carbocycles. The third-order valence-corrected chi connectivity index (χ3v) is 4.29. The van der Waals surface area contributed by atoms with Gasteiger partial charge in [0.1, 0.15) is 12.3 Å². The molecule has 0 aromatic carbocycles. The maximum Gasteiger partial charge on any atom is 1.00 e. The summed E-state index contributed by atoms with van der Waals surface area (Å²) in [6.45, 7) is 1.42. The van der Waals surface area contributed by atoms with Gasteiger partial charge in [-0.25, -0.2) is 4.79 Å². The molecular formula is C10H12N2NaO7P. The van der Waals surface area contributed by atoms with Gasteiger partial charge in [-0.2, -0.15) is 0 Å². The van der Waals surface area contributed by atoms with E-state index in [9.17, 15) is 19.0 Å². The van der Waals surface area contributed by atoms with Crippen molar-refractivity contribution in [2.45, 2.75) is 31.8 Å². The van der Waals surface area contributed by atoms with Crippen LogP contribution >= 0.6 is 7.82 Å². The van der Waals surface area contributed by atoms with Crippen LogP contribution in [0.25, 0.3) is 0 Å². The van der Waals surface area contributed by atoms with Crippen LogP contribution in [0.3, 0.4) is 0 Å². The standard InChI is InChI=1S/C10H13N2O7P.Na/c1-5-3-12(10(14)11-9(5)13)8-2-6-7(18-8)4-17-20(15,16)19-6;/h3,6-8H,2,4H2,1H3,(H,15,16)(H,11,13,14);/q;+1/p-1/t6-,7-,8+;/m0./s1. The van der Waals surface area contributed by atoms with Crippen molar-refractivity contribution in [1.29, 1.82) is 0 Å². The van der Waals surface area contributed by atoms with Gasteiger partial charge in [-0.1, -0.05) is 0 Å². The van der Waals surface area contributed by atoms with Gasteiger partial charge in [0.15, 0.2) is 0 Å². The molecule has 1 unspecified atom stereocenters. The molecule has 1 aromatic heterocycles. The molecule has 9 nitrogen and oxygen atoms in total. The summed E-state index contributed by atoms with van der Waals surface area (Å²) in [6.07, 6.45) is -0.381. The molecule has 1 aromatic rings. The number of aryl methyl sites for hydroxylation is 1. The third kappa shape index (κ3) is 3.40. The summed E-state index contributed by atoms with van der Waals surface area (Å²) < 4.78 is 27.3. The zero-order chi connectivity index (χ0) is 14.5. The number of ether oxygens (including phenoxy) is 1. The van der Waals surface area contributed by atoms with Gasteiger partial charge >= 0.3 is 35.2 Å². The number of nitrogens with one attached hydrogen (secondary N) is 1. The molecular weight excluding hydrogens is 314 g/mol. The topological polar surface area (TPSA) is 123 Å². The monoisotopic (exact) mass is 326 g/mol. The Kier molecular flexibility index (Phi) is 4.97. The van der Waals surface area contributed by atoms with Crippen LogP contribution in [0.4, 0.5) is 0 Å². The molecule has 0 spiro atoms. The van der Waals surface area contributed by atoms with E-state index in [-0.39, 0.29) is 42.6 Å². The normalized spacial score (nSPS) is 35.0. The van der Waals surface area contributed by atoms with Crippen molar-refractivity contribution >= 4 is 7.82 Å². The number of fused-ring (bicyclic) bond motifs is 1. The van der Waals surface area contributed by atoms with Crippen LogP contribution in [0.5, 0.6) is 0 Å². The predicted molar refractivity (Wildman–Crippen MR) is 63.0 cm³/mol. The quantitative estimate of drug-likeness (QED) is 0.412. The first-order valence-electron chi connectivity index (χ1n) is 5.97. The fourth-order valence-corrected chi connectivity index (χ4v) is 3.24. The minimum atomic E-state index is -4.28. The molecule has 0 saturated carbocycles. The van der Waals surface area contributed by atoms with Gasteiger partial charge in [0.05, 0.1) is 12.7 Å². The Morgan fingerprint density at radius 3 is 2.86 bits per heavy atom. The second-order valence-electron chi connectivity index (χ2n) is 4.73. The van der Waals surface area contributed by atoms with Gasteiger partial charge in [0, 0.05) is 18.2 Å².